The van der Waals surface area contributed by atoms with Crippen LogP contribution in [0.2, 0.25) is 0 Å². The van der Waals surface area contributed by atoms with E-state index in [1.807, 2.05) is 20.8 Å². The minimum Gasteiger partial charge on any atom is -0.493 e. The number of methoxy groups -OCH3 is 2. The fraction of sp³-hybridized carbons (Fsp3) is 0.500. The lowest BCUT2D eigenvalue weighted by molar-refractivity contribution is -0.122. The van der Waals surface area contributed by atoms with Gasteiger partial charge in [0.25, 0.3) is 15.9 Å². The average Bonchev–Trinajstić information content (AvgIpc) is 2.73. The second-order valence-electron chi connectivity index (χ2n) is 6.31. The predicted molar refractivity (Wildman–Crippen MR) is 90.3 cm³/mol. The molecule has 0 spiro atoms. The van der Waals surface area contributed by atoms with Gasteiger partial charge in [-0.25, -0.2) is 12.7 Å². The summed E-state index contributed by atoms with van der Waals surface area (Å²) in [6.07, 6.45) is 0.661. The Balaban J connectivity index is 2.37. The fourth-order valence-corrected chi connectivity index (χ4v) is 3.92. The average molecular weight is 370 g/mol. The van der Waals surface area contributed by atoms with Gasteiger partial charge < -0.3 is 14.8 Å². The number of hydrogen-bond acceptors (Lipinski definition) is 6. The summed E-state index contributed by atoms with van der Waals surface area (Å²) in [6.45, 7) is 4.95. The molecule has 0 aromatic heterocycles. The van der Waals surface area contributed by atoms with Crippen molar-refractivity contribution >= 4 is 21.8 Å². The molecule has 0 saturated carbocycles. The molecule has 0 bridgehead atoms. The molecule has 0 unspecified atom stereocenters. The lowest BCUT2D eigenvalue weighted by Gasteiger charge is -2.25. The number of amides is 2. The molecule has 8 nitrogen and oxygen atoms in total. The lowest BCUT2D eigenvalue weighted by Crippen LogP contribution is -2.48. The molecular formula is C16H22N2O6S. The van der Waals surface area contributed by atoms with Crippen LogP contribution < -0.4 is 14.8 Å². The van der Waals surface area contributed by atoms with Gasteiger partial charge >= 0.3 is 0 Å². The van der Waals surface area contributed by atoms with Crippen LogP contribution in [0.1, 0.15) is 37.6 Å². The molecule has 0 radical (unpaired) electrons. The van der Waals surface area contributed by atoms with Gasteiger partial charge in [-0.05, 0) is 26.3 Å². The van der Waals surface area contributed by atoms with Gasteiger partial charge in [0.2, 0.25) is 5.91 Å². The van der Waals surface area contributed by atoms with E-state index in [2.05, 4.69) is 5.32 Å². The van der Waals surface area contributed by atoms with Crippen molar-refractivity contribution < 1.29 is 27.5 Å². The Morgan fingerprint density at radius 3 is 2.28 bits per heavy atom. The van der Waals surface area contributed by atoms with Gasteiger partial charge in [-0.15, -0.1) is 0 Å². The molecule has 1 aliphatic heterocycles. The predicted octanol–water partition coefficient (Wildman–Crippen LogP) is 1.15. The van der Waals surface area contributed by atoms with Crippen molar-refractivity contribution in [3.05, 3.63) is 17.7 Å². The van der Waals surface area contributed by atoms with E-state index in [1.165, 1.54) is 26.4 Å². The second kappa shape index (κ2) is 6.55. The monoisotopic (exact) mass is 370 g/mol. The molecule has 1 aliphatic rings. The molecule has 2 amide bonds. The zero-order chi connectivity index (χ0) is 19.0. The molecule has 1 N–H and O–H groups in total. The van der Waals surface area contributed by atoms with Crippen molar-refractivity contribution in [1.29, 1.82) is 0 Å². The van der Waals surface area contributed by atoms with Crippen LogP contribution >= 0.6 is 0 Å². The minimum atomic E-state index is -4.12. The number of fused-ring (bicyclic) bond motifs is 1. The topological polar surface area (TPSA) is 102 Å². The van der Waals surface area contributed by atoms with E-state index >= 15 is 0 Å². The van der Waals surface area contributed by atoms with Crippen molar-refractivity contribution in [3.8, 4) is 11.5 Å². The van der Waals surface area contributed by atoms with E-state index in [0.29, 0.717) is 10.7 Å². The zero-order valence-corrected chi connectivity index (χ0v) is 15.7. The molecule has 0 fully saturated rings. The molecule has 1 aromatic carbocycles. The van der Waals surface area contributed by atoms with E-state index in [4.69, 9.17) is 9.47 Å². The Morgan fingerprint density at radius 1 is 1.20 bits per heavy atom. The number of ether oxygens (including phenoxy) is 2. The van der Waals surface area contributed by atoms with E-state index in [0.717, 1.165) is 0 Å². The number of sulfonamides is 1. The van der Waals surface area contributed by atoms with Crippen LogP contribution in [0, 0.1) is 0 Å². The summed E-state index contributed by atoms with van der Waals surface area (Å²) in [4.78, 5) is 24.5. The number of rotatable bonds is 6. The molecule has 0 aliphatic carbocycles. The number of nitrogens with zero attached hydrogens (tertiary/aromatic N) is 1. The Hall–Kier alpha value is -2.29. The third-order valence-corrected chi connectivity index (χ3v) is 5.93. The van der Waals surface area contributed by atoms with Gasteiger partial charge in [0.1, 0.15) is 11.4 Å². The highest BCUT2D eigenvalue weighted by Gasteiger charge is 2.43. The highest BCUT2D eigenvalue weighted by molar-refractivity contribution is 7.90. The Morgan fingerprint density at radius 2 is 1.76 bits per heavy atom. The third-order valence-electron chi connectivity index (χ3n) is 4.16. The smallest absolute Gasteiger partial charge is 0.269 e. The first-order valence-electron chi connectivity index (χ1n) is 7.71. The third kappa shape index (κ3) is 3.41. The first-order chi connectivity index (χ1) is 11.6. The number of benzene rings is 1. The van der Waals surface area contributed by atoms with Crippen LogP contribution in [-0.2, 0) is 14.8 Å². The van der Waals surface area contributed by atoms with E-state index in [1.54, 1.807) is 0 Å². The largest absolute Gasteiger partial charge is 0.493 e. The van der Waals surface area contributed by atoms with Crippen LogP contribution in [0.25, 0.3) is 0 Å². The van der Waals surface area contributed by atoms with Crippen molar-refractivity contribution in [2.24, 2.45) is 0 Å². The van der Waals surface area contributed by atoms with Crippen LogP contribution in [0.3, 0.4) is 0 Å². The van der Waals surface area contributed by atoms with Crippen molar-refractivity contribution in [1.82, 2.24) is 9.62 Å². The first kappa shape index (κ1) is 19.0. The zero-order valence-electron chi connectivity index (χ0n) is 14.9. The molecule has 25 heavy (non-hydrogen) atoms. The van der Waals surface area contributed by atoms with Gasteiger partial charge in [0.05, 0.1) is 19.8 Å². The van der Waals surface area contributed by atoms with Gasteiger partial charge in [-0.1, -0.05) is 6.92 Å². The standard InChI is InChI=1S/C16H22N2O6S/c1-6-16(2,3)17-14(19)9-18-15(20)10-7-11(23-4)12(24-5)8-13(10)25(18,21)22/h7-8H,6,9H2,1-5H3,(H,17,19). The number of hydrogen-bond donors (Lipinski definition) is 1. The summed E-state index contributed by atoms with van der Waals surface area (Å²) in [6, 6.07) is 2.54. The maximum Gasteiger partial charge on any atom is 0.269 e. The first-order valence-corrected chi connectivity index (χ1v) is 9.15. The maximum atomic E-state index is 12.7. The Bertz CT molecular complexity index is 816. The van der Waals surface area contributed by atoms with Crippen LogP contribution in [0.5, 0.6) is 11.5 Å². The summed E-state index contributed by atoms with van der Waals surface area (Å²) < 4.78 is 36.1. The number of nitrogens with one attached hydrogen (secondary N) is 1. The number of carbonyl (C=O) groups is 2. The van der Waals surface area contributed by atoms with Gasteiger partial charge in [0, 0.05) is 11.6 Å². The van der Waals surface area contributed by atoms with Crippen LogP contribution in [0.4, 0.5) is 0 Å². The molecule has 2 rings (SSSR count). The fourth-order valence-electron chi connectivity index (χ4n) is 2.40. The molecule has 9 heteroatoms. The van der Waals surface area contributed by atoms with E-state index < -0.39 is 33.9 Å². The van der Waals surface area contributed by atoms with Crippen molar-refractivity contribution in [2.75, 3.05) is 20.8 Å². The van der Waals surface area contributed by atoms with Gasteiger partial charge in [-0.3, -0.25) is 9.59 Å². The van der Waals surface area contributed by atoms with E-state index in [9.17, 15) is 18.0 Å². The summed E-state index contributed by atoms with van der Waals surface area (Å²) in [7, 11) is -1.37. The Kier molecular flexibility index (Phi) is 4.99. The summed E-state index contributed by atoms with van der Waals surface area (Å²) >= 11 is 0. The molecule has 0 atom stereocenters. The molecular weight excluding hydrogens is 348 g/mol. The molecule has 1 aromatic rings. The van der Waals surface area contributed by atoms with Gasteiger partial charge in [-0.2, -0.15) is 0 Å². The van der Waals surface area contributed by atoms with Crippen molar-refractivity contribution in [2.45, 2.75) is 37.6 Å². The van der Waals surface area contributed by atoms with Crippen molar-refractivity contribution in [3.63, 3.8) is 0 Å². The maximum absolute atomic E-state index is 12.7. The highest BCUT2D eigenvalue weighted by Crippen LogP contribution is 2.38. The van der Waals surface area contributed by atoms with E-state index in [-0.39, 0.29) is 22.0 Å². The summed E-state index contributed by atoms with van der Waals surface area (Å²) in [5.41, 5.74) is -0.539. The van der Waals surface area contributed by atoms with Crippen LogP contribution in [-0.4, -0.2) is 50.8 Å². The molecule has 138 valence electrons. The second-order valence-corrected chi connectivity index (χ2v) is 8.14. The molecule has 0 saturated heterocycles. The number of carbonyl (C=O) groups excluding carboxylic acids is 2. The highest BCUT2D eigenvalue weighted by atomic mass is 32.2. The lowest BCUT2D eigenvalue weighted by atomic mass is 10.0. The summed E-state index contributed by atoms with van der Waals surface area (Å²) in [5.74, 6) is -0.879. The normalized spacial score (nSPS) is 15.7. The SMILES string of the molecule is CCC(C)(C)NC(=O)CN1C(=O)c2cc(OC)c(OC)cc2S1(=O)=O. The summed E-state index contributed by atoms with van der Waals surface area (Å²) in [5, 5.41) is 2.72. The quantitative estimate of drug-likeness (QED) is 0.806. The molecule has 1 heterocycles. The van der Waals surface area contributed by atoms with Crippen LogP contribution in [0.15, 0.2) is 17.0 Å². The van der Waals surface area contributed by atoms with Gasteiger partial charge in [0.15, 0.2) is 11.5 Å². The Labute approximate surface area is 147 Å². The minimum absolute atomic E-state index is 0.0415.